The molecule has 0 heterocycles. The van der Waals surface area contributed by atoms with Crippen molar-refractivity contribution in [3.05, 3.63) is 60.2 Å². The average Bonchev–Trinajstić information content (AvgIpc) is 2.62. The largest absolute Gasteiger partial charge is 0.378 e. The van der Waals surface area contributed by atoms with Crippen LogP contribution in [0.15, 0.2) is 64.5 Å². The Labute approximate surface area is 172 Å². The van der Waals surface area contributed by atoms with Crippen LogP contribution in [-0.4, -0.2) is 39.4 Å². The van der Waals surface area contributed by atoms with Crippen LogP contribution in [-0.2, 0) is 6.54 Å². The van der Waals surface area contributed by atoms with Crippen molar-refractivity contribution in [1.82, 2.24) is 10.6 Å². The van der Waals surface area contributed by atoms with E-state index in [2.05, 4.69) is 69.1 Å². The smallest absolute Gasteiger partial charge is 0.191 e. The zero-order chi connectivity index (χ0) is 17.2. The maximum absolute atomic E-state index is 4.27. The summed E-state index contributed by atoms with van der Waals surface area (Å²) in [5.74, 6) is 1.84. The molecule has 0 radical (unpaired) electrons. The summed E-state index contributed by atoms with van der Waals surface area (Å²) in [5.41, 5.74) is 2.45. The van der Waals surface area contributed by atoms with Crippen LogP contribution in [0.2, 0.25) is 0 Å². The summed E-state index contributed by atoms with van der Waals surface area (Å²) in [4.78, 5) is 7.66. The maximum Gasteiger partial charge on any atom is 0.191 e. The zero-order valence-electron chi connectivity index (χ0n) is 15.0. The number of benzene rings is 2. The van der Waals surface area contributed by atoms with Crippen molar-refractivity contribution in [3.63, 3.8) is 0 Å². The minimum Gasteiger partial charge on any atom is -0.378 e. The van der Waals surface area contributed by atoms with Gasteiger partial charge in [-0.15, -0.1) is 35.7 Å². The van der Waals surface area contributed by atoms with E-state index in [0.717, 1.165) is 24.8 Å². The van der Waals surface area contributed by atoms with Gasteiger partial charge in [0.05, 0.1) is 0 Å². The first-order valence-electron chi connectivity index (χ1n) is 8.07. The molecular weight excluding hydrogens is 443 g/mol. The van der Waals surface area contributed by atoms with Crippen LogP contribution >= 0.6 is 35.7 Å². The molecule has 0 saturated heterocycles. The third-order valence-electron chi connectivity index (χ3n) is 3.54. The van der Waals surface area contributed by atoms with Gasteiger partial charge in [0.25, 0.3) is 0 Å². The van der Waals surface area contributed by atoms with Gasteiger partial charge in [-0.05, 0) is 29.8 Å². The minimum atomic E-state index is 0. The highest BCUT2D eigenvalue weighted by atomic mass is 127. The van der Waals surface area contributed by atoms with E-state index in [4.69, 9.17) is 0 Å². The quantitative estimate of drug-likeness (QED) is 0.212. The van der Waals surface area contributed by atoms with Gasteiger partial charge in [0, 0.05) is 50.6 Å². The third-order valence-corrected chi connectivity index (χ3v) is 4.56. The first-order chi connectivity index (χ1) is 11.7. The molecule has 136 valence electrons. The Hall–Kier alpha value is -1.41. The summed E-state index contributed by atoms with van der Waals surface area (Å²) in [7, 11) is 5.90. The number of nitrogens with one attached hydrogen (secondary N) is 2. The van der Waals surface area contributed by atoms with E-state index in [0.29, 0.717) is 0 Å². The van der Waals surface area contributed by atoms with E-state index < -0.39 is 0 Å². The van der Waals surface area contributed by atoms with Crippen LogP contribution in [0.5, 0.6) is 0 Å². The summed E-state index contributed by atoms with van der Waals surface area (Å²) < 4.78 is 0. The van der Waals surface area contributed by atoms with Gasteiger partial charge in [-0.25, -0.2) is 0 Å². The van der Waals surface area contributed by atoms with Gasteiger partial charge in [0.1, 0.15) is 0 Å². The van der Waals surface area contributed by atoms with Gasteiger partial charge in [0.15, 0.2) is 5.96 Å². The normalized spacial score (nSPS) is 10.8. The lowest BCUT2D eigenvalue weighted by Gasteiger charge is -2.14. The topological polar surface area (TPSA) is 39.7 Å². The molecule has 0 unspecified atom stereocenters. The summed E-state index contributed by atoms with van der Waals surface area (Å²) in [5, 5.41) is 6.70. The van der Waals surface area contributed by atoms with Crippen molar-refractivity contribution >= 4 is 47.4 Å². The highest BCUT2D eigenvalue weighted by Crippen LogP contribution is 2.15. The molecule has 2 N–H and O–H groups in total. The molecule has 0 aromatic heterocycles. The zero-order valence-corrected chi connectivity index (χ0v) is 18.2. The second-order valence-electron chi connectivity index (χ2n) is 5.57. The number of anilines is 1. The van der Waals surface area contributed by atoms with Crippen molar-refractivity contribution < 1.29 is 0 Å². The van der Waals surface area contributed by atoms with E-state index in [1.807, 2.05) is 31.9 Å². The second kappa shape index (κ2) is 12.0. The Morgan fingerprint density at radius 2 is 1.68 bits per heavy atom. The Kier molecular flexibility index (Phi) is 10.4. The van der Waals surface area contributed by atoms with Crippen LogP contribution in [0.3, 0.4) is 0 Å². The monoisotopic (exact) mass is 470 g/mol. The lowest BCUT2D eigenvalue weighted by atomic mass is 10.2. The predicted molar refractivity (Wildman–Crippen MR) is 122 cm³/mol. The fourth-order valence-electron chi connectivity index (χ4n) is 2.17. The molecule has 0 saturated carbocycles. The fourth-order valence-corrected chi connectivity index (χ4v) is 2.96. The molecule has 25 heavy (non-hydrogen) atoms. The molecule has 0 aliphatic carbocycles. The predicted octanol–water partition coefficient (Wildman–Crippen LogP) is 3.83. The van der Waals surface area contributed by atoms with E-state index in [9.17, 15) is 0 Å². The molecule has 0 spiro atoms. The summed E-state index contributed by atoms with van der Waals surface area (Å²) in [6, 6.07) is 19.0. The van der Waals surface area contributed by atoms with Gasteiger partial charge < -0.3 is 15.5 Å². The molecule has 2 rings (SSSR count). The summed E-state index contributed by atoms with van der Waals surface area (Å²) in [6.45, 7) is 1.64. The molecule has 0 aliphatic heterocycles. The summed E-state index contributed by atoms with van der Waals surface area (Å²) >= 11 is 1.84. The SMILES string of the molecule is CN=C(NCCSc1ccccc1)NCc1ccc(N(C)C)cc1.I. The van der Waals surface area contributed by atoms with Crippen LogP contribution in [0.4, 0.5) is 5.69 Å². The molecule has 2 aromatic rings. The first-order valence-corrected chi connectivity index (χ1v) is 9.06. The van der Waals surface area contributed by atoms with Crippen LogP contribution in [0.25, 0.3) is 0 Å². The van der Waals surface area contributed by atoms with Crippen LogP contribution < -0.4 is 15.5 Å². The molecule has 0 bridgehead atoms. The van der Waals surface area contributed by atoms with E-state index in [-0.39, 0.29) is 24.0 Å². The lowest BCUT2D eigenvalue weighted by molar-refractivity contribution is 0.832. The Bertz CT molecular complexity index is 630. The minimum absolute atomic E-state index is 0. The van der Waals surface area contributed by atoms with Gasteiger partial charge in [-0.2, -0.15) is 0 Å². The fraction of sp³-hybridized carbons (Fsp3) is 0.316. The second-order valence-corrected chi connectivity index (χ2v) is 6.74. The van der Waals surface area contributed by atoms with E-state index >= 15 is 0 Å². The number of aliphatic imine (C=N–C) groups is 1. The van der Waals surface area contributed by atoms with E-state index in [1.54, 1.807) is 7.05 Å². The number of rotatable bonds is 7. The molecule has 0 fully saturated rings. The Morgan fingerprint density at radius 3 is 2.28 bits per heavy atom. The number of hydrogen-bond acceptors (Lipinski definition) is 3. The van der Waals surface area contributed by atoms with Gasteiger partial charge in [0.2, 0.25) is 0 Å². The number of thioether (sulfide) groups is 1. The van der Waals surface area contributed by atoms with Crippen molar-refractivity contribution in [2.24, 2.45) is 4.99 Å². The van der Waals surface area contributed by atoms with E-state index in [1.165, 1.54) is 16.1 Å². The molecule has 4 nitrogen and oxygen atoms in total. The van der Waals surface area contributed by atoms with Crippen LogP contribution in [0, 0.1) is 0 Å². The number of guanidine groups is 1. The third kappa shape index (κ3) is 8.00. The number of hydrogen-bond donors (Lipinski definition) is 2. The molecule has 6 heteroatoms. The van der Waals surface area contributed by atoms with Crippen molar-refractivity contribution in [1.29, 1.82) is 0 Å². The average molecular weight is 470 g/mol. The van der Waals surface area contributed by atoms with Gasteiger partial charge in [-0.1, -0.05) is 30.3 Å². The molecule has 0 atom stereocenters. The Morgan fingerprint density at radius 1 is 1.00 bits per heavy atom. The number of halogens is 1. The van der Waals surface area contributed by atoms with Crippen molar-refractivity contribution in [3.8, 4) is 0 Å². The molecule has 0 amide bonds. The number of nitrogens with zero attached hydrogens (tertiary/aromatic N) is 2. The summed E-state index contributed by atoms with van der Waals surface area (Å²) in [6.07, 6.45) is 0. The van der Waals surface area contributed by atoms with Gasteiger partial charge in [-0.3, -0.25) is 4.99 Å². The highest BCUT2D eigenvalue weighted by molar-refractivity contribution is 14.0. The highest BCUT2D eigenvalue weighted by Gasteiger charge is 2.00. The molecular formula is C19H27IN4S. The first kappa shape index (κ1) is 21.6. The standard InChI is InChI=1S/C19H26N4S.HI/c1-20-19(21-13-14-24-18-7-5-4-6-8-18)22-15-16-9-11-17(12-10-16)23(2)3;/h4-12H,13-15H2,1-3H3,(H2,20,21,22);1H. The lowest BCUT2D eigenvalue weighted by Crippen LogP contribution is -2.37. The Balaban J connectivity index is 0.00000312. The maximum atomic E-state index is 4.27. The van der Waals surface area contributed by atoms with Crippen molar-refractivity contribution in [2.75, 3.05) is 38.3 Å². The van der Waals surface area contributed by atoms with Crippen LogP contribution in [0.1, 0.15) is 5.56 Å². The molecule has 0 aliphatic rings. The molecule has 2 aromatic carbocycles. The van der Waals surface area contributed by atoms with Crippen molar-refractivity contribution in [2.45, 2.75) is 11.4 Å². The van der Waals surface area contributed by atoms with Gasteiger partial charge >= 0.3 is 0 Å².